The molecule has 0 bridgehead atoms. The lowest BCUT2D eigenvalue weighted by atomic mass is 9.96. The van der Waals surface area contributed by atoms with Crippen LogP contribution in [0.3, 0.4) is 0 Å². The number of ketones is 1. The first-order valence-electron chi connectivity index (χ1n) is 4.40. The van der Waals surface area contributed by atoms with Gasteiger partial charge in [-0.05, 0) is 6.92 Å². The molecule has 0 radical (unpaired) electrons. The fraction of sp³-hybridized carbons (Fsp3) is 0.300. The summed E-state index contributed by atoms with van der Waals surface area (Å²) >= 11 is 0. The third-order valence-electron chi connectivity index (χ3n) is 2.38. The summed E-state index contributed by atoms with van der Waals surface area (Å²) in [6.45, 7) is 2.46. The van der Waals surface area contributed by atoms with Crippen LogP contribution in [-0.4, -0.2) is 5.78 Å². The van der Waals surface area contributed by atoms with E-state index in [9.17, 15) is 22.4 Å². The van der Waals surface area contributed by atoms with Crippen molar-refractivity contribution in [2.75, 3.05) is 0 Å². The number of hydrogen-bond donors (Lipinski definition) is 0. The fourth-order valence-corrected chi connectivity index (χ4v) is 1.80. The average molecular weight is 252 g/mol. The first-order chi connectivity index (χ1) is 7.29. The van der Waals surface area contributed by atoms with Gasteiger partial charge < -0.3 is 0 Å². The molecule has 0 N–H and O–H groups in total. The topological polar surface area (TPSA) is 17.1 Å². The van der Waals surface area contributed by atoms with E-state index in [0.717, 1.165) is 6.92 Å². The predicted molar refractivity (Wildman–Crippen MR) is 54.7 cm³/mol. The lowest BCUT2D eigenvalue weighted by Crippen LogP contribution is -2.21. The van der Waals surface area contributed by atoms with Crippen LogP contribution in [0.2, 0.25) is 0 Å². The fourth-order valence-electron chi connectivity index (χ4n) is 1.29. The number of halogens is 4. The van der Waals surface area contributed by atoms with Crippen molar-refractivity contribution >= 4 is 20.3 Å². The highest BCUT2D eigenvalue weighted by atomic mass is 31.0. The van der Waals surface area contributed by atoms with Gasteiger partial charge in [-0.1, -0.05) is 6.92 Å². The Labute approximate surface area is 92.0 Å². The van der Waals surface area contributed by atoms with E-state index in [2.05, 4.69) is 0 Å². The molecule has 6 heteroatoms. The highest BCUT2D eigenvalue weighted by Crippen LogP contribution is 2.25. The lowest BCUT2D eigenvalue weighted by Gasteiger charge is -2.14. The molecule has 0 fully saturated rings. The summed E-state index contributed by atoms with van der Waals surface area (Å²) in [4.78, 5) is 11.0. The summed E-state index contributed by atoms with van der Waals surface area (Å²) in [6.07, 6.45) is 0. The Kier molecular flexibility index (Phi) is 3.68. The van der Waals surface area contributed by atoms with Crippen LogP contribution in [0.25, 0.3) is 0 Å². The first kappa shape index (κ1) is 13.1. The van der Waals surface area contributed by atoms with Gasteiger partial charge in [0.05, 0.1) is 0 Å². The van der Waals surface area contributed by atoms with Gasteiger partial charge in [-0.2, -0.15) is 0 Å². The van der Waals surface area contributed by atoms with Crippen LogP contribution in [-0.2, 0) is 4.79 Å². The molecule has 0 saturated heterocycles. The molecule has 88 valence electrons. The summed E-state index contributed by atoms with van der Waals surface area (Å²) in [6, 6.07) is 0. The molecule has 0 aliphatic heterocycles. The number of carbonyl (C=O) groups is 1. The third kappa shape index (κ3) is 1.96. The number of carbonyl (C=O) groups excluding carboxylic acids is 1. The molecule has 1 rings (SSSR count). The number of benzene rings is 1. The maximum Gasteiger partial charge on any atom is 0.198 e. The Bertz CT molecular complexity index is 430. The Balaban J connectivity index is 3.57. The molecular weight excluding hydrogens is 243 g/mol. The Morgan fingerprint density at radius 3 is 1.94 bits per heavy atom. The molecule has 0 heterocycles. The number of Topliss-reactive ketones (excluding diaryl/α,β-unsaturated/α-hetero) is 1. The van der Waals surface area contributed by atoms with E-state index >= 15 is 0 Å². The van der Waals surface area contributed by atoms with Gasteiger partial charge in [-0.25, -0.2) is 17.6 Å². The minimum atomic E-state index is -1.90. The van der Waals surface area contributed by atoms with Crippen molar-refractivity contribution < 1.29 is 22.4 Å². The minimum absolute atomic E-state index is 0.459. The van der Waals surface area contributed by atoms with Gasteiger partial charge in [0.2, 0.25) is 0 Å². The van der Waals surface area contributed by atoms with Crippen molar-refractivity contribution in [2.45, 2.75) is 19.8 Å². The van der Waals surface area contributed by atoms with E-state index in [0.29, 0.717) is 0 Å². The number of rotatable bonds is 2. The Morgan fingerprint density at radius 1 is 1.06 bits per heavy atom. The average Bonchev–Trinajstić information content (AvgIpc) is 2.23. The van der Waals surface area contributed by atoms with Crippen LogP contribution in [0, 0.1) is 23.3 Å². The van der Waals surface area contributed by atoms with Gasteiger partial charge in [-0.3, -0.25) is 4.79 Å². The van der Waals surface area contributed by atoms with Crippen LogP contribution in [0.5, 0.6) is 0 Å². The van der Waals surface area contributed by atoms with Gasteiger partial charge >= 0.3 is 0 Å². The molecule has 0 aliphatic carbocycles. The van der Waals surface area contributed by atoms with Crippen LogP contribution in [0.1, 0.15) is 25.3 Å². The molecule has 0 saturated carbocycles. The maximum absolute atomic E-state index is 13.4. The molecule has 2 atom stereocenters. The minimum Gasteiger partial charge on any atom is -0.299 e. The second kappa shape index (κ2) is 4.50. The van der Waals surface area contributed by atoms with Crippen molar-refractivity contribution in [1.82, 2.24) is 0 Å². The molecular formula is C10H9F4OP. The Hall–Kier alpha value is -0.960. The van der Waals surface area contributed by atoms with Crippen LogP contribution in [0.15, 0.2) is 0 Å². The molecule has 0 aliphatic rings. The van der Waals surface area contributed by atoms with Crippen molar-refractivity contribution in [3.63, 3.8) is 0 Å². The van der Waals surface area contributed by atoms with Crippen LogP contribution >= 0.6 is 9.24 Å². The summed E-state index contributed by atoms with van der Waals surface area (Å²) in [7, 11) is 1.78. The van der Waals surface area contributed by atoms with E-state index in [1.54, 1.807) is 9.24 Å². The molecule has 1 aromatic rings. The molecule has 1 aromatic carbocycles. The molecule has 16 heavy (non-hydrogen) atoms. The molecule has 0 aromatic heterocycles. The molecule has 2 unspecified atom stereocenters. The molecule has 0 amide bonds. The third-order valence-corrected chi connectivity index (χ3v) is 2.95. The quantitative estimate of drug-likeness (QED) is 0.342. The summed E-state index contributed by atoms with van der Waals surface area (Å²) in [5.74, 6) is -8.28. The highest BCUT2D eigenvalue weighted by Gasteiger charge is 2.27. The van der Waals surface area contributed by atoms with E-state index in [4.69, 9.17) is 0 Å². The van der Waals surface area contributed by atoms with E-state index in [-0.39, 0.29) is 0 Å². The predicted octanol–water partition coefficient (Wildman–Crippen LogP) is 2.44. The van der Waals surface area contributed by atoms with E-state index in [1.807, 2.05) is 0 Å². The summed E-state index contributed by atoms with van der Waals surface area (Å²) < 4.78 is 52.3. The van der Waals surface area contributed by atoms with Crippen LogP contribution in [0.4, 0.5) is 17.6 Å². The van der Waals surface area contributed by atoms with Crippen LogP contribution < -0.4 is 5.30 Å². The second-order valence-corrected chi connectivity index (χ2v) is 3.99. The first-order valence-corrected chi connectivity index (χ1v) is 4.98. The monoisotopic (exact) mass is 252 g/mol. The van der Waals surface area contributed by atoms with Gasteiger partial charge in [0, 0.05) is 16.8 Å². The van der Waals surface area contributed by atoms with Gasteiger partial charge in [-0.15, -0.1) is 9.24 Å². The summed E-state index contributed by atoms with van der Waals surface area (Å²) in [5.41, 5.74) is -0.464. The van der Waals surface area contributed by atoms with E-state index < -0.39 is 45.8 Å². The lowest BCUT2D eigenvalue weighted by molar-refractivity contribution is -0.118. The maximum atomic E-state index is 13.4. The zero-order valence-electron chi connectivity index (χ0n) is 8.57. The second-order valence-electron chi connectivity index (χ2n) is 3.42. The normalized spacial score (nSPS) is 12.7. The van der Waals surface area contributed by atoms with Crippen molar-refractivity contribution in [2.24, 2.45) is 0 Å². The van der Waals surface area contributed by atoms with Gasteiger partial charge in [0.1, 0.15) is 5.78 Å². The standard InChI is InChI=1S/C10H9F4OP/c1-3(4(2)15)5-6(11)7(12)8(13)9(14)10(5)16/h3H,16H2,1-2H3. The zero-order valence-corrected chi connectivity index (χ0v) is 9.73. The number of hydrogen-bond acceptors (Lipinski definition) is 1. The molecule has 1 nitrogen and oxygen atoms in total. The smallest absolute Gasteiger partial charge is 0.198 e. The zero-order chi connectivity index (χ0) is 12.6. The van der Waals surface area contributed by atoms with Crippen molar-refractivity contribution in [3.05, 3.63) is 28.8 Å². The van der Waals surface area contributed by atoms with Gasteiger partial charge in [0.25, 0.3) is 0 Å². The largest absolute Gasteiger partial charge is 0.299 e. The SMILES string of the molecule is CC(=O)C(C)c1c(F)c(F)c(F)c(F)c1P. The van der Waals surface area contributed by atoms with Crippen molar-refractivity contribution in [1.29, 1.82) is 0 Å². The van der Waals surface area contributed by atoms with E-state index in [1.165, 1.54) is 6.92 Å². The summed E-state index contributed by atoms with van der Waals surface area (Å²) in [5, 5.41) is -0.459. The highest BCUT2D eigenvalue weighted by molar-refractivity contribution is 7.27. The molecule has 0 spiro atoms. The van der Waals surface area contributed by atoms with Crippen molar-refractivity contribution in [3.8, 4) is 0 Å². The Morgan fingerprint density at radius 2 is 1.50 bits per heavy atom. The van der Waals surface area contributed by atoms with Gasteiger partial charge in [0.15, 0.2) is 23.3 Å².